The molecule has 1 rings (SSSR count). The summed E-state index contributed by atoms with van der Waals surface area (Å²) in [6.07, 6.45) is 5.02. The molecule has 0 aliphatic rings. The van der Waals surface area contributed by atoms with Gasteiger partial charge in [-0.2, -0.15) is 0 Å². The number of aliphatic carboxylic acids is 1. The van der Waals surface area contributed by atoms with E-state index in [0.29, 0.717) is 5.56 Å². The Kier molecular flexibility index (Phi) is 4.71. The number of terminal acetylenes is 1. The third-order valence-electron chi connectivity index (χ3n) is 3.14. The van der Waals surface area contributed by atoms with Gasteiger partial charge >= 0.3 is 5.97 Å². The Hall–Kier alpha value is -2.28. The zero-order valence-corrected chi connectivity index (χ0v) is 11.1. The van der Waals surface area contributed by atoms with Crippen LogP contribution >= 0.6 is 0 Å². The molecule has 0 spiro atoms. The second kappa shape index (κ2) is 6.05. The lowest BCUT2D eigenvalue weighted by Crippen LogP contribution is -2.39. The minimum Gasteiger partial charge on any atom is -0.481 e. The summed E-state index contributed by atoms with van der Waals surface area (Å²) < 4.78 is 0. The molecule has 0 radical (unpaired) electrons. The van der Waals surface area contributed by atoms with Gasteiger partial charge in [0.05, 0.1) is 12.0 Å². The Balaban J connectivity index is 3.00. The van der Waals surface area contributed by atoms with Gasteiger partial charge in [0.2, 0.25) is 5.91 Å². The van der Waals surface area contributed by atoms with E-state index in [-0.39, 0.29) is 18.9 Å². The van der Waals surface area contributed by atoms with Crippen molar-refractivity contribution in [3.8, 4) is 12.3 Å². The van der Waals surface area contributed by atoms with Crippen molar-refractivity contribution in [1.82, 2.24) is 4.90 Å². The number of carbonyl (C=O) groups is 2. The molecule has 1 aromatic rings. The molecular weight excluding hydrogens is 242 g/mol. The minimum absolute atomic E-state index is 0.121. The normalized spacial score (nSPS) is 13.1. The third kappa shape index (κ3) is 3.35. The van der Waals surface area contributed by atoms with Crippen LogP contribution in [0.4, 0.5) is 0 Å². The molecule has 100 valence electrons. The molecule has 0 aliphatic carbocycles. The molecule has 0 aliphatic heterocycles. The SMILES string of the molecule is C#CCN(C)C(=O)CC(C)(C(=O)O)c1ccccc1. The Morgan fingerprint density at radius 2 is 1.95 bits per heavy atom. The fraction of sp³-hybridized carbons (Fsp3) is 0.333. The van der Waals surface area contributed by atoms with Crippen LogP contribution in [0.1, 0.15) is 18.9 Å². The number of benzene rings is 1. The van der Waals surface area contributed by atoms with E-state index in [9.17, 15) is 14.7 Å². The molecule has 0 aromatic heterocycles. The summed E-state index contributed by atoms with van der Waals surface area (Å²) in [5.74, 6) is 1.05. The van der Waals surface area contributed by atoms with E-state index in [1.165, 1.54) is 4.90 Å². The summed E-state index contributed by atoms with van der Waals surface area (Å²) in [7, 11) is 1.56. The number of carboxylic acid groups (broad SMARTS) is 1. The maximum atomic E-state index is 12.0. The van der Waals surface area contributed by atoms with E-state index >= 15 is 0 Å². The molecule has 19 heavy (non-hydrogen) atoms. The first kappa shape index (κ1) is 14.8. The number of carboxylic acids is 1. The number of rotatable bonds is 5. The van der Waals surface area contributed by atoms with Crippen LogP contribution in [-0.2, 0) is 15.0 Å². The smallest absolute Gasteiger partial charge is 0.314 e. The number of nitrogens with zero attached hydrogens (tertiary/aromatic N) is 1. The number of amides is 1. The Morgan fingerprint density at radius 3 is 2.42 bits per heavy atom. The predicted octanol–water partition coefficient (Wildman–Crippen LogP) is 1.51. The lowest BCUT2D eigenvalue weighted by atomic mass is 9.79. The van der Waals surface area contributed by atoms with Crippen molar-refractivity contribution in [2.45, 2.75) is 18.8 Å². The average molecular weight is 259 g/mol. The topological polar surface area (TPSA) is 57.6 Å². The summed E-state index contributed by atoms with van der Waals surface area (Å²) in [5.41, 5.74) is -0.647. The second-order valence-electron chi connectivity index (χ2n) is 4.63. The van der Waals surface area contributed by atoms with Gasteiger partial charge in [-0.25, -0.2) is 0 Å². The van der Waals surface area contributed by atoms with Gasteiger partial charge in [-0.1, -0.05) is 36.3 Å². The van der Waals surface area contributed by atoms with Gasteiger partial charge in [0.1, 0.15) is 0 Å². The molecule has 0 fully saturated rings. The highest BCUT2D eigenvalue weighted by Gasteiger charge is 2.38. The molecule has 1 N–H and O–H groups in total. The average Bonchev–Trinajstić information content (AvgIpc) is 2.39. The molecule has 4 nitrogen and oxygen atoms in total. The molecule has 4 heteroatoms. The quantitative estimate of drug-likeness (QED) is 0.815. The van der Waals surface area contributed by atoms with Gasteiger partial charge in [0.15, 0.2) is 0 Å². The Bertz CT molecular complexity index is 504. The summed E-state index contributed by atoms with van der Waals surface area (Å²) >= 11 is 0. The third-order valence-corrected chi connectivity index (χ3v) is 3.14. The second-order valence-corrected chi connectivity index (χ2v) is 4.63. The first-order valence-electron chi connectivity index (χ1n) is 5.88. The molecule has 0 saturated carbocycles. The van der Waals surface area contributed by atoms with Crippen molar-refractivity contribution in [2.24, 2.45) is 0 Å². The highest BCUT2D eigenvalue weighted by molar-refractivity contribution is 5.89. The van der Waals surface area contributed by atoms with Gasteiger partial charge in [0.25, 0.3) is 0 Å². The van der Waals surface area contributed by atoms with Crippen LogP contribution in [0.25, 0.3) is 0 Å². The van der Waals surface area contributed by atoms with E-state index in [0.717, 1.165) is 0 Å². The van der Waals surface area contributed by atoms with Crippen LogP contribution in [0.15, 0.2) is 30.3 Å². The predicted molar refractivity (Wildman–Crippen MR) is 72.5 cm³/mol. The largest absolute Gasteiger partial charge is 0.481 e. The van der Waals surface area contributed by atoms with Gasteiger partial charge < -0.3 is 10.0 Å². The van der Waals surface area contributed by atoms with Crippen LogP contribution in [0.2, 0.25) is 0 Å². The maximum absolute atomic E-state index is 12.0. The Morgan fingerprint density at radius 1 is 1.37 bits per heavy atom. The van der Waals surface area contributed by atoms with E-state index in [1.54, 1.807) is 44.3 Å². The van der Waals surface area contributed by atoms with Crippen molar-refractivity contribution in [3.05, 3.63) is 35.9 Å². The Labute approximate surface area is 113 Å². The van der Waals surface area contributed by atoms with Gasteiger partial charge in [-0.05, 0) is 12.5 Å². The monoisotopic (exact) mass is 259 g/mol. The first-order valence-corrected chi connectivity index (χ1v) is 5.88. The van der Waals surface area contributed by atoms with Crippen molar-refractivity contribution >= 4 is 11.9 Å². The van der Waals surface area contributed by atoms with Crippen LogP contribution in [0, 0.1) is 12.3 Å². The van der Waals surface area contributed by atoms with Crippen molar-refractivity contribution in [1.29, 1.82) is 0 Å². The van der Waals surface area contributed by atoms with Gasteiger partial charge in [0, 0.05) is 13.5 Å². The molecule has 1 amide bonds. The number of hydrogen-bond donors (Lipinski definition) is 1. The summed E-state index contributed by atoms with van der Waals surface area (Å²) in [4.78, 5) is 24.9. The van der Waals surface area contributed by atoms with E-state index in [2.05, 4.69) is 5.92 Å². The number of hydrogen-bond acceptors (Lipinski definition) is 2. The van der Waals surface area contributed by atoms with Crippen molar-refractivity contribution in [3.63, 3.8) is 0 Å². The van der Waals surface area contributed by atoms with Gasteiger partial charge in [-0.15, -0.1) is 6.42 Å². The van der Waals surface area contributed by atoms with Crippen LogP contribution in [-0.4, -0.2) is 35.5 Å². The fourth-order valence-electron chi connectivity index (χ4n) is 1.77. The maximum Gasteiger partial charge on any atom is 0.314 e. The summed E-state index contributed by atoms with van der Waals surface area (Å²) in [5, 5.41) is 9.44. The van der Waals surface area contributed by atoms with Crippen LogP contribution in [0.3, 0.4) is 0 Å². The summed E-state index contributed by atoms with van der Waals surface area (Å²) in [6.45, 7) is 1.72. The lowest BCUT2D eigenvalue weighted by Gasteiger charge is -2.26. The van der Waals surface area contributed by atoms with Crippen LogP contribution in [0.5, 0.6) is 0 Å². The van der Waals surface area contributed by atoms with Crippen molar-refractivity contribution in [2.75, 3.05) is 13.6 Å². The molecule has 0 saturated heterocycles. The molecule has 1 aromatic carbocycles. The highest BCUT2D eigenvalue weighted by Crippen LogP contribution is 2.28. The lowest BCUT2D eigenvalue weighted by molar-refractivity contribution is -0.147. The first-order chi connectivity index (χ1) is 8.91. The fourth-order valence-corrected chi connectivity index (χ4v) is 1.77. The van der Waals surface area contributed by atoms with E-state index in [1.807, 2.05) is 0 Å². The zero-order chi connectivity index (χ0) is 14.5. The van der Waals surface area contributed by atoms with E-state index in [4.69, 9.17) is 6.42 Å². The van der Waals surface area contributed by atoms with Gasteiger partial charge in [-0.3, -0.25) is 9.59 Å². The molecule has 0 heterocycles. The summed E-state index contributed by atoms with van der Waals surface area (Å²) in [6, 6.07) is 8.74. The highest BCUT2D eigenvalue weighted by atomic mass is 16.4. The minimum atomic E-state index is -1.25. The standard InChI is InChI=1S/C15H17NO3/c1-4-10-16(3)13(17)11-15(2,14(18)19)12-8-6-5-7-9-12/h1,5-9H,10-11H2,2-3H3,(H,18,19). The molecular formula is C15H17NO3. The van der Waals surface area contributed by atoms with E-state index < -0.39 is 11.4 Å². The molecule has 1 atom stereocenters. The van der Waals surface area contributed by atoms with Crippen LogP contribution < -0.4 is 0 Å². The zero-order valence-electron chi connectivity index (χ0n) is 11.1. The van der Waals surface area contributed by atoms with Crippen molar-refractivity contribution < 1.29 is 14.7 Å². The molecule has 1 unspecified atom stereocenters. The molecule has 0 bridgehead atoms. The number of carbonyl (C=O) groups excluding carboxylic acids is 1.